The maximum absolute atomic E-state index is 12.4. The summed E-state index contributed by atoms with van der Waals surface area (Å²) in [6.45, 7) is 3.81. The van der Waals surface area contributed by atoms with Gasteiger partial charge in [0, 0.05) is 35.4 Å². The molecule has 1 aromatic carbocycles. The molecule has 3 aromatic rings. The molecular formula is C20H21N5O3S2. The van der Waals surface area contributed by atoms with Crippen LogP contribution in [0.1, 0.15) is 17.8 Å². The average Bonchev–Trinajstić information content (AvgIpc) is 2.68. The van der Waals surface area contributed by atoms with Crippen molar-refractivity contribution in [1.29, 1.82) is 0 Å². The Balaban J connectivity index is 1.52. The Kier molecular flexibility index (Phi) is 7.01. The highest BCUT2D eigenvalue weighted by Gasteiger charge is 2.15. The largest absolute Gasteiger partial charge is 0.326 e. The molecule has 2 aromatic heterocycles. The molecule has 0 aliphatic rings. The van der Waals surface area contributed by atoms with Crippen LogP contribution >= 0.6 is 11.8 Å². The zero-order valence-electron chi connectivity index (χ0n) is 16.5. The number of hydrogen-bond acceptors (Lipinski definition) is 7. The van der Waals surface area contributed by atoms with E-state index in [0.29, 0.717) is 16.6 Å². The van der Waals surface area contributed by atoms with Gasteiger partial charge in [-0.25, -0.2) is 23.4 Å². The van der Waals surface area contributed by atoms with Gasteiger partial charge in [-0.2, -0.15) is 0 Å². The normalized spacial score (nSPS) is 11.1. The molecule has 0 fully saturated rings. The van der Waals surface area contributed by atoms with Gasteiger partial charge in [-0.15, -0.1) is 0 Å². The van der Waals surface area contributed by atoms with Gasteiger partial charge in [-0.1, -0.05) is 17.8 Å². The van der Waals surface area contributed by atoms with Crippen LogP contribution in [0, 0.1) is 13.8 Å². The van der Waals surface area contributed by atoms with Crippen LogP contribution < -0.4 is 10.0 Å². The summed E-state index contributed by atoms with van der Waals surface area (Å²) < 4.78 is 27.2. The SMILES string of the molecule is Cc1cc(C)nc(SCCC(=O)Nc2ccc(S(=O)(=O)Nc3ccccn3)cc2)n1. The molecule has 0 saturated heterocycles. The molecule has 2 N–H and O–H groups in total. The summed E-state index contributed by atoms with van der Waals surface area (Å²) >= 11 is 1.42. The van der Waals surface area contributed by atoms with Crippen molar-refractivity contribution in [3.8, 4) is 0 Å². The minimum atomic E-state index is -3.75. The van der Waals surface area contributed by atoms with Crippen molar-refractivity contribution < 1.29 is 13.2 Å². The van der Waals surface area contributed by atoms with Crippen LogP contribution in [0.2, 0.25) is 0 Å². The standard InChI is InChI=1S/C20H21N5O3S2/c1-14-13-15(2)23-20(22-14)29-12-10-19(26)24-16-6-8-17(9-7-16)30(27,28)25-18-5-3-4-11-21-18/h3-9,11,13H,10,12H2,1-2H3,(H,21,25)(H,24,26). The summed E-state index contributed by atoms with van der Waals surface area (Å²) in [7, 11) is -3.75. The van der Waals surface area contributed by atoms with Gasteiger partial charge < -0.3 is 5.32 Å². The van der Waals surface area contributed by atoms with E-state index >= 15 is 0 Å². The van der Waals surface area contributed by atoms with Crippen LogP contribution in [-0.2, 0) is 14.8 Å². The number of carbonyl (C=O) groups is 1. The number of carbonyl (C=O) groups excluding carboxylic acids is 1. The van der Waals surface area contributed by atoms with Gasteiger partial charge in [-0.3, -0.25) is 9.52 Å². The summed E-state index contributed by atoms with van der Waals surface area (Å²) in [6, 6.07) is 12.8. The highest BCUT2D eigenvalue weighted by Crippen LogP contribution is 2.18. The lowest BCUT2D eigenvalue weighted by Gasteiger charge is -2.09. The fourth-order valence-electron chi connectivity index (χ4n) is 2.55. The minimum absolute atomic E-state index is 0.0775. The number of nitrogens with one attached hydrogen (secondary N) is 2. The zero-order valence-corrected chi connectivity index (χ0v) is 18.1. The third kappa shape index (κ3) is 6.26. The van der Waals surface area contributed by atoms with E-state index in [1.807, 2.05) is 19.9 Å². The first-order valence-corrected chi connectivity index (χ1v) is 11.6. The predicted octanol–water partition coefficient (Wildman–Crippen LogP) is 3.41. The molecule has 2 heterocycles. The number of aromatic nitrogens is 3. The Hall–Kier alpha value is -2.98. The molecule has 0 saturated carbocycles. The Bertz CT molecular complexity index is 1100. The second kappa shape index (κ2) is 9.68. The van der Waals surface area contributed by atoms with Gasteiger partial charge in [0.15, 0.2) is 5.16 Å². The highest BCUT2D eigenvalue weighted by atomic mass is 32.2. The first-order valence-electron chi connectivity index (χ1n) is 9.11. The maximum atomic E-state index is 12.4. The molecule has 1 amide bonds. The molecule has 8 nitrogen and oxygen atoms in total. The number of benzene rings is 1. The van der Waals surface area contributed by atoms with E-state index in [1.54, 1.807) is 30.3 Å². The lowest BCUT2D eigenvalue weighted by molar-refractivity contribution is -0.115. The third-order valence-electron chi connectivity index (χ3n) is 3.87. The average molecular weight is 444 g/mol. The number of anilines is 2. The van der Waals surface area contributed by atoms with E-state index < -0.39 is 10.0 Å². The van der Waals surface area contributed by atoms with Crippen LogP contribution in [0.5, 0.6) is 0 Å². The van der Waals surface area contributed by atoms with Crippen molar-refractivity contribution >= 4 is 39.2 Å². The van der Waals surface area contributed by atoms with Crippen LogP contribution in [0.4, 0.5) is 11.5 Å². The molecule has 30 heavy (non-hydrogen) atoms. The zero-order chi connectivity index (χ0) is 21.6. The molecule has 10 heteroatoms. The van der Waals surface area contributed by atoms with Gasteiger partial charge in [-0.05, 0) is 56.3 Å². The van der Waals surface area contributed by atoms with E-state index in [4.69, 9.17) is 0 Å². The lowest BCUT2D eigenvalue weighted by Crippen LogP contribution is -2.15. The lowest BCUT2D eigenvalue weighted by atomic mass is 10.3. The Labute approximate surface area is 179 Å². The Morgan fingerprint density at radius 2 is 1.73 bits per heavy atom. The summed E-state index contributed by atoms with van der Waals surface area (Å²) in [5, 5.41) is 3.41. The number of pyridine rings is 1. The van der Waals surface area contributed by atoms with E-state index in [2.05, 4.69) is 25.0 Å². The third-order valence-corrected chi connectivity index (χ3v) is 6.09. The molecule has 0 aliphatic carbocycles. The first kappa shape index (κ1) is 21.7. The number of rotatable bonds is 8. The van der Waals surface area contributed by atoms with Crippen LogP contribution in [-0.4, -0.2) is 35.0 Å². The number of thioether (sulfide) groups is 1. The fraction of sp³-hybridized carbons (Fsp3) is 0.200. The second-order valence-corrected chi connectivity index (χ2v) is 9.17. The van der Waals surface area contributed by atoms with E-state index in [0.717, 1.165) is 11.4 Å². The molecule has 0 spiro atoms. The smallest absolute Gasteiger partial charge is 0.263 e. The number of aryl methyl sites for hydroxylation is 2. The predicted molar refractivity (Wildman–Crippen MR) is 117 cm³/mol. The first-order chi connectivity index (χ1) is 14.3. The van der Waals surface area contributed by atoms with Crippen LogP contribution in [0.15, 0.2) is 64.8 Å². The van der Waals surface area contributed by atoms with Crippen molar-refractivity contribution in [2.75, 3.05) is 15.8 Å². The molecule has 0 bridgehead atoms. The van der Waals surface area contributed by atoms with Crippen molar-refractivity contribution in [3.05, 3.63) is 66.1 Å². The highest BCUT2D eigenvalue weighted by molar-refractivity contribution is 7.99. The van der Waals surface area contributed by atoms with Gasteiger partial charge in [0.2, 0.25) is 5.91 Å². The number of sulfonamides is 1. The molecule has 0 radical (unpaired) electrons. The maximum Gasteiger partial charge on any atom is 0.263 e. The molecule has 0 aliphatic heterocycles. The van der Waals surface area contributed by atoms with Crippen molar-refractivity contribution in [1.82, 2.24) is 15.0 Å². The summed E-state index contributed by atoms with van der Waals surface area (Å²) in [4.78, 5) is 24.8. The topological polar surface area (TPSA) is 114 Å². The van der Waals surface area contributed by atoms with E-state index in [1.165, 1.54) is 30.1 Å². The molecule has 0 atom stereocenters. The van der Waals surface area contributed by atoms with Crippen molar-refractivity contribution in [2.24, 2.45) is 0 Å². The number of nitrogens with zero attached hydrogens (tertiary/aromatic N) is 3. The number of amides is 1. The molecular weight excluding hydrogens is 422 g/mol. The number of hydrogen-bond donors (Lipinski definition) is 2. The van der Waals surface area contributed by atoms with Crippen molar-refractivity contribution in [3.63, 3.8) is 0 Å². The molecule has 0 unspecified atom stereocenters. The Morgan fingerprint density at radius 1 is 1.03 bits per heavy atom. The van der Waals surface area contributed by atoms with E-state index in [9.17, 15) is 13.2 Å². The van der Waals surface area contributed by atoms with Crippen LogP contribution in [0.25, 0.3) is 0 Å². The Morgan fingerprint density at radius 3 is 2.37 bits per heavy atom. The van der Waals surface area contributed by atoms with Gasteiger partial charge in [0.1, 0.15) is 5.82 Å². The summed E-state index contributed by atoms with van der Waals surface area (Å²) in [6.07, 6.45) is 1.78. The molecule has 3 rings (SSSR count). The van der Waals surface area contributed by atoms with Crippen molar-refractivity contribution in [2.45, 2.75) is 30.3 Å². The minimum Gasteiger partial charge on any atom is -0.326 e. The summed E-state index contributed by atoms with van der Waals surface area (Å²) in [5.41, 5.74) is 2.30. The van der Waals surface area contributed by atoms with Gasteiger partial charge >= 0.3 is 0 Å². The second-order valence-electron chi connectivity index (χ2n) is 6.42. The monoisotopic (exact) mass is 443 g/mol. The molecule has 156 valence electrons. The quantitative estimate of drug-likeness (QED) is 0.405. The van der Waals surface area contributed by atoms with Gasteiger partial charge in [0.05, 0.1) is 4.90 Å². The fourth-order valence-corrected chi connectivity index (χ4v) is 4.45. The van der Waals surface area contributed by atoms with Gasteiger partial charge in [0.25, 0.3) is 10.0 Å². The van der Waals surface area contributed by atoms with E-state index in [-0.39, 0.29) is 23.0 Å². The summed E-state index contributed by atoms with van der Waals surface area (Å²) in [5.74, 6) is 0.601. The van der Waals surface area contributed by atoms with Crippen LogP contribution in [0.3, 0.4) is 0 Å².